The van der Waals surface area contributed by atoms with Crippen molar-refractivity contribution in [2.75, 3.05) is 20.3 Å². The van der Waals surface area contributed by atoms with Gasteiger partial charge in [0.05, 0.1) is 12.7 Å². The van der Waals surface area contributed by atoms with Gasteiger partial charge in [-0.3, -0.25) is 0 Å². The molecular weight excluding hydrogens is 152 g/mol. The Bertz CT molecular complexity index is 104. The first-order valence-corrected chi connectivity index (χ1v) is 4.97. The van der Waals surface area contributed by atoms with Gasteiger partial charge in [-0.15, -0.1) is 0 Å². The molecule has 2 nitrogen and oxygen atoms in total. The summed E-state index contributed by atoms with van der Waals surface area (Å²) in [6.07, 6.45) is 5.64. The predicted molar refractivity (Wildman–Crippen MR) is 49.2 cm³/mol. The van der Waals surface area contributed by atoms with Gasteiger partial charge in [-0.25, -0.2) is 0 Å². The minimum absolute atomic E-state index is 0.584. The second kappa shape index (κ2) is 5.55. The summed E-state index contributed by atoms with van der Waals surface area (Å²) in [4.78, 5) is 0. The molecule has 0 spiro atoms. The molecule has 0 saturated carbocycles. The predicted octanol–water partition coefficient (Wildman–Crippen LogP) is 2.23. The number of hydrogen-bond acceptors (Lipinski definition) is 2. The van der Waals surface area contributed by atoms with Crippen LogP contribution < -0.4 is 0 Å². The largest absolute Gasteiger partial charge is 0.384 e. The van der Waals surface area contributed by atoms with Crippen LogP contribution in [-0.2, 0) is 9.47 Å². The summed E-state index contributed by atoms with van der Waals surface area (Å²) in [5.74, 6) is 0.754. The Labute approximate surface area is 75.2 Å². The van der Waals surface area contributed by atoms with E-state index >= 15 is 0 Å². The number of rotatable bonds is 7. The van der Waals surface area contributed by atoms with Crippen LogP contribution in [0.5, 0.6) is 0 Å². The van der Waals surface area contributed by atoms with E-state index in [0.29, 0.717) is 6.10 Å². The first-order valence-electron chi connectivity index (χ1n) is 4.97. The Morgan fingerprint density at radius 1 is 1.50 bits per heavy atom. The molecule has 2 unspecified atom stereocenters. The zero-order valence-electron chi connectivity index (χ0n) is 8.21. The van der Waals surface area contributed by atoms with Gasteiger partial charge in [-0.1, -0.05) is 13.3 Å². The van der Waals surface area contributed by atoms with Gasteiger partial charge in [0.15, 0.2) is 0 Å². The molecular formula is C10H20O2. The minimum Gasteiger partial charge on any atom is -0.384 e. The molecule has 1 aliphatic rings. The van der Waals surface area contributed by atoms with Crippen molar-refractivity contribution in [2.45, 2.75) is 38.7 Å². The van der Waals surface area contributed by atoms with Crippen LogP contribution in [0.4, 0.5) is 0 Å². The molecule has 1 rings (SSSR count). The first-order chi connectivity index (χ1) is 5.86. The molecule has 1 fully saturated rings. The maximum atomic E-state index is 5.17. The molecule has 2 heteroatoms. The quantitative estimate of drug-likeness (QED) is 0.549. The number of epoxide rings is 1. The molecule has 0 aromatic heterocycles. The summed E-state index contributed by atoms with van der Waals surface area (Å²) < 4.78 is 10.3. The molecule has 0 radical (unpaired) electrons. The van der Waals surface area contributed by atoms with Crippen LogP contribution in [0.3, 0.4) is 0 Å². The van der Waals surface area contributed by atoms with Crippen molar-refractivity contribution >= 4 is 0 Å². The number of ether oxygens (including phenoxy) is 2. The molecule has 1 aliphatic heterocycles. The molecule has 0 bridgehead atoms. The highest BCUT2D eigenvalue weighted by Gasteiger charge is 2.23. The molecule has 1 saturated heterocycles. The van der Waals surface area contributed by atoms with Crippen LogP contribution in [0.15, 0.2) is 0 Å². The highest BCUT2D eigenvalue weighted by Crippen LogP contribution is 2.21. The maximum Gasteiger partial charge on any atom is 0.0810 e. The third kappa shape index (κ3) is 4.07. The molecule has 2 atom stereocenters. The molecule has 0 aliphatic carbocycles. The molecule has 0 amide bonds. The van der Waals surface area contributed by atoms with E-state index in [1.165, 1.54) is 25.7 Å². The number of hydrogen-bond donors (Lipinski definition) is 0. The van der Waals surface area contributed by atoms with E-state index in [4.69, 9.17) is 9.47 Å². The van der Waals surface area contributed by atoms with Crippen LogP contribution in [-0.4, -0.2) is 26.4 Å². The lowest BCUT2D eigenvalue weighted by molar-refractivity contribution is 0.140. The zero-order valence-corrected chi connectivity index (χ0v) is 8.21. The van der Waals surface area contributed by atoms with E-state index in [1.54, 1.807) is 7.11 Å². The summed E-state index contributed by atoms with van der Waals surface area (Å²) in [6, 6.07) is 0. The zero-order chi connectivity index (χ0) is 8.81. The van der Waals surface area contributed by atoms with E-state index in [9.17, 15) is 0 Å². The van der Waals surface area contributed by atoms with Crippen molar-refractivity contribution in [3.8, 4) is 0 Å². The summed E-state index contributed by atoms with van der Waals surface area (Å²) in [5, 5.41) is 0. The SMILES string of the molecule is CCCC(CCC1CO1)COC. The molecule has 12 heavy (non-hydrogen) atoms. The smallest absolute Gasteiger partial charge is 0.0810 e. The van der Waals surface area contributed by atoms with Crippen LogP contribution in [0.25, 0.3) is 0 Å². The second-order valence-electron chi connectivity index (χ2n) is 3.64. The summed E-state index contributed by atoms with van der Waals surface area (Å²) >= 11 is 0. The Morgan fingerprint density at radius 3 is 2.75 bits per heavy atom. The highest BCUT2D eigenvalue weighted by molar-refractivity contribution is 4.71. The van der Waals surface area contributed by atoms with E-state index < -0.39 is 0 Å². The van der Waals surface area contributed by atoms with Gasteiger partial charge >= 0.3 is 0 Å². The lowest BCUT2D eigenvalue weighted by atomic mass is 9.98. The summed E-state index contributed by atoms with van der Waals surface area (Å²) in [6.45, 7) is 4.14. The molecule has 72 valence electrons. The van der Waals surface area contributed by atoms with Crippen molar-refractivity contribution in [2.24, 2.45) is 5.92 Å². The second-order valence-corrected chi connectivity index (χ2v) is 3.64. The molecule has 1 heterocycles. The van der Waals surface area contributed by atoms with E-state index in [-0.39, 0.29) is 0 Å². The fraction of sp³-hybridized carbons (Fsp3) is 1.00. The van der Waals surface area contributed by atoms with Crippen LogP contribution >= 0.6 is 0 Å². The highest BCUT2D eigenvalue weighted by atomic mass is 16.6. The fourth-order valence-corrected chi connectivity index (χ4v) is 1.61. The van der Waals surface area contributed by atoms with Crippen LogP contribution in [0, 0.1) is 5.92 Å². The van der Waals surface area contributed by atoms with Crippen LogP contribution in [0.1, 0.15) is 32.6 Å². The Morgan fingerprint density at radius 2 is 2.25 bits per heavy atom. The van der Waals surface area contributed by atoms with Gasteiger partial charge in [-0.2, -0.15) is 0 Å². The summed E-state index contributed by atoms with van der Waals surface area (Å²) in [7, 11) is 1.79. The van der Waals surface area contributed by atoms with Gasteiger partial charge in [-0.05, 0) is 25.2 Å². The number of methoxy groups -OCH3 is 1. The van der Waals surface area contributed by atoms with Gasteiger partial charge in [0.1, 0.15) is 0 Å². The van der Waals surface area contributed by atoms with Gasteiger partial charge in [0.25, 0.3) is 0 Å². The molecule has 0 aromatic rings. The maximum absolute atomic E-state index is 5.17. The average molecular weight is 172 g/mol. The van der Waals surface area contributed by atoms with Gasteiger partial charge in [0.2, 0.25) is 0 Å². The van der Waals surface area contributed by atoms with Crippen molar-refractivity contribution in [3.63, 3.8) is 0 Å². The van der Waals surface area contributed by atoms with E-state index in [0.717, 1.165) is 19.1 Å². The standard InChI is InChI=1S/C10H20O2/c1-3-4-9(7-11-2)5-6-10-8-12-10/h9-10H,3-8H2,1-2H3. The monoisotopic (exact) mass is 172 g/mol. The lowest BCUT2D eigenvalue weighted by Crippen LogP contribution is -2.08. The Kier molecular flexibility index (Phi) is 4.62. The van der Waals surface area contributed by atoms with Crippen molar-refractivity contribution in [3.05, 3.63) is 0 Å². The first kappa shape index (κ1) is 10.0. The topological polar surface area (TPSA) is 21.8 Å². The Balaban J connectivity index is 2.03. The van der Waals surface area contributed by atoms with E-state index in [2.05, 4.69) is 6.92 Å². The van der Waals surface area contributed by atoms with Crippen molar-refractivity contribution in [1.29, 1.82) is 0 Å². The summed E-state index contributed by atoms with van der Waals surface area (Å²) in [5.41, 5.74) is 0. The third-order valence-electron chi connectivity index (χ3n) is 2.40. The van der Waals surface area contributed by atoms with Crippen molar-refractivity contribution < 1.29 is 9.47 Å². The lowest BCUT2D eigenvalue weighted by Gasteiger charge is -2.13. The Hall–Kier alpha value is -0.0800. The normalized spacial score (nSPS) is 24.0. The fourth-order valence-electron chi connectivity index (χ4n) is 1.61. The molecule has 0 N–H and O–H groups in total. The molecule has 0 aromatic carbocycles. The third-order valence-corrected chi connectivity index (χ3v) is 2.40. The van der Waals surface area contributed by atoms with E-state index in [1.807, 2.05) is 0 Å². The minimum atomic E-state index is 0.584. The van der Waals surface area contributed by atoms with Gasteiger partial charge in [0, 0.05) is 13.7 Å². The average Bonchev–Trinajstić information content (AvgIpc) is 2.84. The van der Waals surface area contributed by atoms with Crippen molar-refractivity contribution in [1.82, 2.24) is 0 Å². The van der Waals surface area contributed by atoms with Gasteiger partial charge < -0.3 is 9.47 Å². The van der Waals surface area contributed by atoms with Crippen LogP contribution in [0.2, 0.25) is 0 Å².